The molecule has 4 heteroatoms. The maximum absolute atomic E-state index is 6.99. The summed E-state index contributed by atoms with van der Waals surface area (Å²) < 4.78 is 20.0. The lowest BCUT2D eigenvalue weighted by atomic mass is 9.98. The van der Waals surface area contributed by atoms with Crippen LogP contribution < -0.4 is 4.90 Å². The third kappa shape index (κ3) is 5.09. The van der Waals surface area contributed by atoms with Gasteiger partial charge in [0.05, 0.1) is 11.1 Å². The van der Waals surface area contributed by atoms with E-state index in [1.165, 1.54) is 0 Å². The van der Waals surface area contributed by atoms with Crippen LogP contribution >= 0.6 is 0 Å². The maximum Gasteiger partial charge on any atom is 0.145 e. The minimum absolute atomic E-state index is 0.826. The number of nitrogens with zero attached hydrogens (tertiary/aromatic N) is 1. The van der Waals surface area contributed by atoms with Crippen LogP contribution in [0.5, 0.6) is 0 Å². The number of benzene rings is 9. The first-order valence-electron chi connectivity index (χ1n) is 19.6. The summed E-state index contributed by atoms with van der Waals surface area (Å²) in [7, 11) is 0. The summed E-state index contributed by atoms with van der Waals surface area (Å²) in [5.41, 5.74) is 14.6. The summed E-state index contributed by atoms with van der Waals surface area (Å²) in [4.78, 5) is 2.34. The van der Waals surface area contributed by atoms with Gasteiger partial charge >= 0.3 is 0 Å². The van der Waals surface area contributed by atoms with Crippen molar-refractivity contribution in [3.63, 3.8) is 0 Å². The molecule has 3 aromatic heterocycles. The van der Waals surface area contributed by atoms with Gasteiger partial charge in [-0.15, -0.1) is 0 Å². The van der Waals surface area contributed by atoms with Crippen molar-refractivity contribution >= 4 is 82.9 Å². The Morgan fingerprint density at radius 1 is 0.293 bits per heavy atom. The molecule has 0 fully saturated rings. The molecule has 0 radical (unpaired) electrons. The average molecular weight is 744 g/mol. The summed E-state index contributed by atoms with van der Waals surface area (Å²) in [5, 5.41) is 6.38. The van der Waals surface area contributed by atoms with Crippen LogP contribution in [0.3, 0.4) is 0 Å². The first-order valence-corrected chi connectivity index (χ1v) is 19.6. The van der Waals surface area contributed by atoms with Crippen LogP contribution in [0.15, 0.2) is 213 Å². The highest BCUT2D eigenvalue weighted by molar-refractivity contribution is 6.19. The summed E-state index contributed by atoms with van der Waals surface area (Å²) in [6, 6.07) is 70.1. The number of para-hydroxylation sites is 1. The Balaban J connectivity index is 1.15. The van der Waals surface area contributed by atoms with Crippen molar-refractivity contribution < 1.29 is 13.3 Å². The molecule has 9 aromatic carbocycles. The first-order chi connectivity index (χ1) is 28.7. The van der Waals surface area contributed by atoms with Gasteiger partial charge in [0.15, 0.2) is 0 Å². The van der Waals surface area contributed by atoms with E-state index in [0.717, 1.165) is 116 Å². The van der Waals surface area contributed by atoms with E-state index in [1.807, 2.05) is 18.2 Å². The van der Waals surface area contributed by atoms with Crippen LogP contribution in [0.1, 0.15) is 0 Å². The zero-order valence-corrected chi connectivity index (χ0v) is 31.2. The lowest BCUT2D eigenvalue weighted by Crippen LogP contribution is -2.10. The second kappa shape index (κ2) is 12.9. The molecule has 0 saturated carbocycles. The van der Waals surface area contributed by atoms with E-state index in [-0.39, 0.29) is 0 Å². The van der Waals surface area contributed by atoms with E-state index < -0.39 is 0 Å². The fraction of sp³-hybridized carbons (Fsp3) is 0. The fourth-order valence-corrected chi connectivity index (χ4v) is 8.80. The minimum atomic E-state index is 0.826. The predicted octanol–water partition coefficient (Wildman–Crippen LogP) is 15.9. The molecule has 3 heterocycles. The summed E-state index contributed by atoms with van der Waals surface area (Å²) in [6.07, 6.45) is 0. The van der Waals surface area contributed by atoms with Crippen LogP contribution in [0.4, 0.5) is 17.1 Å². The van der Waals surface area contributed by atoms with Gasteiger partial charge in [-0.3, -0.25) is 0 Å². The van der Waals surface area contributed by atoms with Gasteiger partial charge in [-0.2, -0.15) is 0 Å². The molecule has 58 heavy (non-hydrogen) atoms. The quantitative estimate of drug-likeness (QED) is 0.170. The van der Waals surface area contributed by atoms with Crippen LogP contribution in [0.2, 0.25) is 0 Å². The van der Waals surface area contributed by atoms with E-state index in [0.29, 0.717) is 0 Å². The number of fused-ring (bicyclic) bond motifs is 9. The van der Waals surface area contributed by atoms with Crippen molar-refractivity contribution in [1.29, 1.82) is 0 Å². The second-order valence-electron chi connectivity index (χ2n) is 14.8. The van der Waals surface area contributed by atoms with Crippen LogP contribution in [0, 0.1) is 0 Å². The summed E-state index contributed by atoms with van der Waals surface area (Å²) >= 11 is 0. The van der Waals surface area contributed by atoms with E-state index in [1.54, 1.807) is 0 Å². The third-order valence-corrected chi connectivity index (χ3v) is 11.5. The zero-order chi connectivity index (χ0) is 38.2. The molecule has 0 atom stereocenters. The van der Waals surface area contributed by atoms with Crippen molar-refractivity contribution in [2.45, 2.75) is 0 Å². The SMILES string of the molecule is c1ccc(-c2ccc3c(c2)oc2c(-c4ccccc4)ccc(N(c4ccc5c(c4)oc4ccccc45)c4ccc5oc6cccc(-c7ccccc7)c6c5c4)c23)cc1. The summed E-state index contributed by atoms with van der Waals surface area (Å²) in [5.74, 6) is 0. The highest BCUT2D eigenvalue weighted by atomic mass is 16.3. The highest BCUT2D eigenvalue weighted by Crippen LogP contribution is 2.48. The minimum Gasteiger partial charge on any atom is -0.456 e. The zero-order valence-electron chi connectivity index (χ0n) is 31.2. The Morgan fingerprint density at radius 3 is 1.71 bits per heavy atom. The summed E-state index contributed by atoms with van der Waals surface area (Å²) in [6.45, 7) is 0. The Morgan fingerprint density at radius 2 is 0.897 bits per heavy atom. The lowest BCUT2D eigenvalue weighted by molar-refractivity contribution is 0.668. The average Bonchev–Trinajstić information content (AvgIpc) is 3.98. The normalized spacial score (nSPS) is 11.8. The molecule has 12 rings (SSSR count). The molecule has 0 N–H and O–H groups in total. The number of hydrogen-bond donors (Lipinski definition) is 0. The molecule has 0 aliphatic rings. The third-order valence-electron chi connectivity index (χ3n) is 11.5. The van der Waals surface area contributed by atoms with Crippen LogP contribution in [-0.4, -0.2) is 0 Å². The number of hydrogen-bond acceptors (Lipinski definition) is 4. The van der Waals surface area contributed by atoms with Gasteiger partial charge in [-0.05, 0) is 94.5 Å². The van der Waals surface area contributed by atoms with Crippen molar-refractivity contribution in [3.8, 4) is 33.4 Å². The largest absolute Gasteiger partial charge is 0.456 e. The van der Waals surface area contributed by atoms with Gasteiger partial charge in [0.1, 0.15) is 33.5 Å². The molecule has 0 amide bonds. The Bertz CT molecular complexity index is 3500. The van der Waals surface area contributed by atoms with E-state index in [2.05, 4.69) is 187 Å². The first kappa shape index (κ1) is 32.4. The van der Waals surface area contributed by atoms with Crippen LogP contribution in [0.25, 0.3) is 99.2 Å². The standard InChI is InChI=1S/C54H33NO3/c1-4-13-34(14-5-1)37-23-26-44-50(31-37)58-54-41(36-17-8-3-9-18-36)28-29-46(53(44)54)55(39-24-27-43-42-19-10-11-21-47(42)57-51(43)33-39)38-25-30-48-45(32-38)52-40(20-12-22-49(52)56-48)35-15-6-2-7-16-35/h1-33H. The Kier molecular flexibility index (Phi) is 7.20. The van der Waals surface area contributed by atoms with Gasteiger partial charge in [0.2, 0.25) is 0 Å². The number of rotatable bonds is 6. The molecule has 4 nitrogen and oxygen atoms in total. The van der Waals surface area contributed by atoms with Gasteiger partial charge in [-0.1, -0.05) is 127 Å². The van der Waals surface area contributed by atoms with Gasteiger partial charge in [-0.25, -0.2) is 0 Å². The fourth-order valence-electron chi connectivity index (χ4n) is 8.80. The van der Waals surface area contributed by atoms with Crippen molar-refractivity contribution in [2.75, 3.05) is 4.90 Å². The molecule has 12 aromatic rings. The molecule has 0 spiro atoms. The van der Waals surface area contributed by atoms with Crippen LogP contribution in [-0.2, 0) is 0 Å². The van der Waals surface area contributed by atoms with E-state index in [9.17, 15) is 0 Å². The molecule has 0 aliphatic carbocycles. The van der Waals surface area contributed by atoms with Crippen molar-refractivity contribution in [2.24, 2.45) is 0 Å². The Labute approximate surface area is 333 Å². The predicted molar refractivity (Wildman–Crippen MR) is 239 cm³/mol. The lowest BCUT2D eigenvalue weighted by Gasteiger charge is -2.26. The monoisotopic (exact) mass is 743 g/mol. The Hall–Kier alpha value is -7.82. The van der Waals surface area contributed by atoms with E-state index in [4.69, 9.17) is 13.3 Å². The highest BCUT2D eigenvalue weighted by Gasteiger charge is 2.24. The van der Waals surface area contributed by atoms with E-state index >= 15 is 0 Å². The molecule has 272 valence electrons. The molecule has 0 saturated heterocycles. The number of furan rings is 3. The molecular formula is C54H33NO3. The number of anilines is 3. The topological polar surface area (TPSA) is 42.7 Å². The van der Waals surface area contributed by atoms with Gasteiger partial charge < -0.3 is 18.2 Å². The van der Waals surface area contributed by atoms with Gasteiger partial charge in [0, 0.05) is 49.9 Å². The molecule has 0 aliphatic heterocycles. The second-order valence-corrected chi connectivity index (χ2v) is 14.8. The maximum atomic E-state index is 6.99. The van der Waals surface area contributed by atoms with Gasteiger partial charge in [0.25, 0.3) is 0 Å². The molecule has 0 bridgehead atoms. The smallest absolute Gasteiger partial charge is 0.145 e. The van der Waals surface area contributed by atoms with Crippen molar-refractivity contribution in [1.82, 2.24) is 0 Å². The molecular weight excluding hydrogens is 711 g/mol. The van der Waals surface area contributed by atoms with Crippen molar-refractivity contribution in [3.05, 3.63) is 200 Å². The molecule has 0 unspecified atom stereocenters.